The third kappa shape index (κ3) is 4.17. The number of allylic oxidation sites excluding steroid dienone is 1. The van der Waals surface area contributed by atoms with Crippen LogP contribution in [0.3, 0.4) is 0 Å². The van der Waals surface area contributed by atoms with Crippen LogP contribution in [-0.4, -0.2) is 33.0 Å². The average molecular weight is 489 g/mol. The second-order valence-electron chi connectivity index (χ2n) is 13.8. The highest BCUT2D eigenvalue weighted by Gasteiger charge is 2.64. The van der Waals surface area contributed by atoms with Crippen LogP contribution in [0.2, 0.25) is 13.1 Å². The molecule has 0 aliphatic heterocycles. The molecule has 0 amide bonds. The van der Waals surface area contributed by atoms with Gasteiger partial charge < -0.3 is 9.16 Å². The molecule has 0 spiro atoms. The third-order valence-electron chi connectivity index (χ3n) is 10.8. The van der Waals surface area contributed by atoms with Gasteiger partial charge in [0.1, 0.15) is 6.10 Å². The van der Waals surface area contributed by atoms with Gasteiger partial charge in [-0.25, -0.2) is 0 Å². The van der Waals surface area contributed by atoms with Crippen molar-refractivity contribution in [3.8, 4) is 0 Å². The Morgan fingerprint density at radius 2 is 1.82 bits per heavy atom. The molecule has 0 aromatic heterocycles. The van der Waals surface area contributed by atoms with Gasteiger partial charge in [0.05, 0.1) is 6.10 Å². The third-order valence-corrected chi connectivity index (χ3v) is 11.7. The largest absolute Gasteiger partial charge is 0.462 e. The van der Waals surface area contributed by atoms with Crippen LogP contribution >= 0.6 is 0 Å². The fraction of sp³-hybridized carbons (Fsp3) is 0.862. The van der Waals surface area contributed by atoms with Crippen LogP contribution in [0.15, 0.2) is 11.6 Å². The van der Waals surface area contributed by atoms with E-state index < -0.39 is 9.04 Å². The molecule has 3 saturated carbocycles. The van der Waals surface area contributed by atoms with Crippen LogP contribution < -0.4 is 0 Å². The molecule has 0 aromatic carbocycles. The highest BCUT2D eigenvalue weighted by molar-refractivity contribution is 6.48. The molecule has 0 heterocycles. The van der Waals surface area contributed by atoms with Gasteiger partial charge in [-0.05, 0) is 79.4 Å². The van der Waals surface area contributed by atoms with E-state index >= 15 is 0 Å². The number of esters is 1. The van der Waals surface area contributed by atoms with Crippen LogP contribution in [0.5, 0.6) is 0 Å². The summed E-state index contributed by atoms with van der Waals surface area (Å²) in [5.74, 6) is 2.31. The van der Waals surface area contributed by atoms with Gasteiger partial charge in [0.2, 0.25) is 0 Å². The van der Waals surface area contributed by atoms with E-state index in [-0.39, 0.29) is 40.3 Å². The number of ether oxygens (including phenoxy) is 1. The van der Waals surface area contributed by atoms with Crippen LogP contribution in [0, 0.1) is 45.8 Å². The fourth-order valence-electron chi connectivity index (χ4n) is 8.72. The number of carbonyl (C=O) groups is 2. The fourth-order valence-corrected chi connectivity index (χ4v) is 9.77. The molecule has 4 aliphatic rings. The van der Waals surface area contributed by atoms with E-state index in [1.807, 2.05) is 6.08 Å². The van der Waals surface area contributed by atoms with Crippen molar-refractivity contribution in [2.45, 2.75) is 112 Å². The number of fused-ring (bicyclic) bond motifs is 5. The molecular formula is C29H48O4Si. The van der Waals surface area contributed by atoms with Gasteiger partial charge in [-0.15, -0.1) is 0 Å². The van der Waals surface area contributed by atoms with Crippen molar-refractivity contribution < 1.29 is 18.8 Å². The van der Waals surface area contributed by atoms with E-state index in [0.29, 0.717) is 35.9 Å². The lowest BCUT2D eigenvalue weighted by Gasteiger charge is -2.60. The topological polar surface area (TPSA) is 52.6 Å². The maximum atomic E-state index is 13.8. The first-order valence-electron chi connectivity index (χ1n) is 13.8. The van der Waals surface area contributed by atoms with Gasteiger partial charge in [0.15, 0.2) is 14.8 Å². The van der Waals surface area contributed by atoms with Crippen molar-refractivity contribution in [1.82, 2.24) is 0 Å². The molecule has 4 nitrogen and oxygen atoms in total. The van der Waals surface area contributed by atoms with Crippen molar-refractivity contribution in [1.29, 1.82) is 0 Å². The molecule has 0 saturated heterocycles. The minimum Gasteiger partial charge on any atom is -0.462 e. The molecule has 3 fully saturated rings. The zero-order valence-electron chi connectivity index (χ0n) is 23.1. The molecule has 5 heteroatoms. The molecule has 0 radical (unpaired) electrons. The van der Waals surface area contributed by atoms with E-state index in [9.17, 15) is 9.59 Å². The zero-order valence-corrected chi connectivity index (χ0v) is 24.2. The summed E-state index contributed by atoms with van der Waals surface area (Å²) in [5.41, 5.74) is 1.56. The molecular weight excluding hydrogens is 440 g/mol. The Bertz CT molecular complexity index is 857. The maximum Gasteiger partial charge on any atom is 0.302 e. The van der Waals surface area contributed by atoms with Crippen molar-refractivity contribution in [2.24, 2.45) is 45.8 Å². The van der Waals surface area contributed by atoms with Crippen molar-refractivity contribution in [3.63, 3.8) is 0 Å². The molecule has 4 aliphatic carbocycles. The van der Waals surface area contributed by atoms with Gasteiger partial charge >= 0.3 is 5.97 Å². The predicted molar refractivity (Wildman–Crippen MR) is 139 cm³/mol. The van der Waals surface area contributed by atoms with Crippen molar-refractivity contribution in [2.75, 3.05) is 0 Å². The minimum atomic E-state index is -1.31. The Kier molecular flexibility index (Phi) is 6.81. The number of ketones is 1. The van der Waals surface area contributed by atoms with E-state index in [4.69, 9.17) is 9.16 Å². The maximum absolute atomic E-state index is 13.8. The van der Waals surface area contributed by atoms with E-state index in [0.717, 1.165) is 12.8 Å². The number of carbonyl (C=O) groups excluding carboxylic acids is 2. The number of rotatable bonds is 4. The Balaban J connectivity index is 1.70. The van der Waals surface area contributed by atoms with Crippen LogP contribution in [0.4, 0.5) is 0 Å². The minimum absolute atomic E-state index is 0.0270. The molecule has 9 atom stereocenters. The van der Waals surface area contributed by atoms with Gasteiger partial charge in [0, 0.05) is 31.1 Å². The summed E-state index contributed by atoms with van der Waals surface area (Å²) in [6.45, 7) is 20.4. The smallest absolute Gasteiger partial charge is 0.302 e. The summed E-state index contributed by atoms with van der Waals surface area (Å²) in [6.07, 6.45) is 7.97. The number of hydrogen-bond donors (Lipinski definition) is 0. The first-order chi connectivity index (χ1) is 15.7. The molecule has 192 valence electrons. The quantitative estimate of drug-likeness (QED) is 0.342. The average Bonchev–Trinajstić information content (AvgIpc) is 3.04. The first kappa shape index (κ1) is 26.1. The highest BCUT2D eigenvalue weighted by atomic mass is 28.3. The molecule has 0 aromatic rings. The molecule has 0 N–H and O–H groups in total. The lowest BCUT2D eigenvalue weighted by Crippen LogP contribution is -2.59. The predicted octanol–water partition coefficient (Wildman–Crippen LogP) is 6.34. The Morgan fingerprint density at radius 1 is 1.15 bits per heavy atom. The summed E-state index contributed by atoms with van der Waals surface area (Å²) in [5, 5.41) is 0. The summed E-state index contributed by atoms with van der Waals surface area (Å²) in [4.78, 5) is 25.6. The summed E-state index contributed by atoms with van der Waals surface area (Å²) in [7, 11) is -1.31. The lowest BCUT2D eigenvalue weighted by atomic mass is 9.45. The van der Waals surface area contributed by atoms with Crippen LogP contribution in [0.1, 0.15) is 87.0 Å². The first-order valence-corrected chi connectivity index (χ1v) is 16.5. The van der Waals surface area contributed by atoms with Gasteiger partial charge in [-0.3, -0.25) is 9.59 Å². The molecule has 3 unspecified atom stereocenters. The number of hydrogen-bond acceptors (Lipinski definition) is 4. The van der Waals surface area contributed by atoms with Crippen LogP contribution in [-0.2, 0) is 18.8 Å². The monoisotopic (exact) mass is 488 g/mol. The van der Waals surface area contributed by atoms with Gasteiger partial charge in [-0.2, -0.15) is 0 Å². The van der Waals surface area contributed by atoms with E-state index in [1.54, 1.807) is 0 Å². The Hall–Kier alpha value is -0.943. The van der Waals surface area contributed by atoms with E-state index in [1.165, 1.54) is 31.8 Å². The van der Waals surface area contributed by atoms with E-state index in [2.05, 4.69) is 54.6 Å². The zero-order chi connectivity index (χ0) is 25.2. The SMILES string of the molecule is CC(=O)OC1CC2=CC(=O)[C@H]3[C@@H]4CC[C@H](C(C)C(C)(C)C)[C@@]4(C)CC[C@@H]3[C@@]2(C)C(O[SiH](C)C)C1. The molecule has 4 rings (SSSR count). The second-order valence-corrected chi connectivity index (χ2v) is 16.2. The van der Waals surface area contributed by atoms with Crippen LogP contribution in [0.25, 0.3) is 0 Å². The lowest BCUT2D eigenvalue weighted by molar-refractivity contribution is -0.155. The summed E-state index contributed by atoms with van der Waals surface area (Å²) < 4.78 is 12.4. The van der Waals surface area contributed by atoms with Gasteiger partial charge in [0.25, 0.3) is 0 Å². The van der Waals surface area contributed by atoms with Crippen molar-refractivity contribution >= 4 is 20.8 Å². The molecule has 0 bridgehead atoms. The van der Waals surface area contributed by atoms with Crippen molar-refractivity contribution in [3.05, 3.63) is 11.6 Å². The summed E-state index contributed by atoms with van der Waals surface area (Å²) >= 11 is 0. The Labute approximate surface area is 209 Å². The Morgan fingerprint density at radius 3 is 2.41 bits per heavy atom. The molecule has 34 heavy (non-hydrogen) atoms. The standard InChI is InChI=1S/C29H48O4Si/c1-17(27(3,4)5)21-10-11-22-26-23(12-13-28(21,22)6)29(7)19(15-24(26)31)14-20(32-18(2)30)16-25(29)33-34(8)9/h15,17,20-23,25-26,34H,10-14,16H2,1-9H3/t17?,20?,21-,22+,23+,25?,26+,28-,29+/m1/s1. The van der Waals surface area contributed by atoms with Gasteiger partial charge in [-0.1, -0.05) is 47.1 Å². The second kappa shape index (κ2) is 8.87. The normalized spacial score (nSPS) is 43.0. The highest BCUT2D eigenvalue weighted by Crippen LogP contribution is 2.67. The summed E-state index contributed by atoms with van der Waals surface area (Å²) in [6, 6.07) is 0.